The highest BCUT2D eigenvalue weighted by atomic mass is 32.2. The Morgan fingerprint density at radius 2 is 1.78 bits per heavy atom. The molecule has 0 aromatic heterocycles. The van der Waals surface area contributed by atoms with E-state index in [0.717, 1.165) is 23.8 Å². The lowest BCUT2D eigenvalue weighted by Gasteiger charge is -2.10. The molecule has 0 heterocycles. The van der Waals surface area contributed by atoms with Crippen LogP contribution < -0.4 is 10.0 Å². The van der Waals surface area contributed by atoms with Crippen LogP contribution in [-0.2, 0) is 16.4 Å². The van der Waals surface area contributed by atoms with Crippen LogP contribution in [0.5, 0.6) is 5.75 Å². The van der Waals surface area contributed by atoms with Crippen molar-refractivity contribution in [1.82, 2.24) is 5.32 Å². The second kappa shape index (κ2) is 9.43. The van der Waals surface area contributed by atoms with Crippen LogP contribution in [0.1, 0.15) is 15.9 Å². The van der Waals surface area contributed by atoms with Gasteiger partial charge in [0.05, 0.1) is 9.82 Å². The molecule has 0 bridgehead atoms. The maximum Gasteiger partial charge on any atom is 0.312 e. The third kappa shape index (κ3) is 5.58. The fraction of sp³-hybridized carbons (Fsp3) is 0.0952. The van der Waals surface area contributed by atoms with Crippen LogP contribution in [0.2, 0.25) is 0 Å². The Morgan fingerprint density at radius 3 is 2.44 bits per heavy atom. The Morgan fingerprint density at radius 1 is 1.06 bits per heavy atom. The van der Waals surface area contributed by atoms with Crippen LogP contribution in [0.3, 0.4) is 0 Å². The van der Waals surface area contributed by atoms with Crippen molar-refractivity contribution >= 4 is 27.3 Å². The van der Waals surface area contributed by atoms with E-state index in [1.807, 2.05) is 0 Å². The summed E-state index contributed by atoms with van der Waals surface area (Å²) in [6.07, 6.45) is 0.445. The van der Waals surface area contributed by atoms with Crippen molar-refractivity contribution in [3.05, 3.63) is 93.8 Å². The van der Waals surface area contributed by atoms with Gasteiger partial charge in [0, 0.05) is 23.9 Å². The highest BCUT2D eigenvalue weighted by Gasteiger charge is 2.21. The first kappa shape index (κ1) is 22.7. The third-order valence-electron chi connectivity index (χ3n) is 4.44. The molecule has 0 unspecified atom stereocenters. The van der Waals surface area contributed by atoms with Gasteiger partial charge in [-0.1, -0.05) is 12.1 Å². The lowest BCUT2D eigenvalue weighted by Crippen LogP contribution is -2.25. The Labute approximate surface area is 182 Å². The van der Waals surface area contributed by atoms with Gasteiger partial charge >= 0.3 is 5.69 Å². The molecule has 32 heavy (non-hydrogen) atoms. The smallest absolute Gasteiger partial charge is 0.312 e. The summed E-state index contributed by atoms with van der Waals surface area (Å²) in [7, 11) is -4.16. The molecular weight excluding hydrogens is 441 g/mol. The zero-order chi connectivity index (χ0) is 23.3. The molecule has 1 amide bonds. The first-order valence-corrected chi connectivity index (χ1v) is 10.8. The number of sulfonamides is 1. The number of nitro groups is 1. The number of nitrogens with zero attached hydrogens (tertiary/aromatic N) is 1. The Bertz CT molecular complexity index is 1260. The number of hydrogen-bond donors (Lipinski definition) is 3. The van der Waals surface area contributed by atoms with Crippen molar-refractivity contribution in [2.75, 3.05) is 11.3 Å². The maximum absolute atomic E-state index is 13.2. The van der Waals surface area contributed by atoms with Crippen LogP contribution in [0.25, 0.3) is 0 Å². The molecule has 0 saturated carbocycles. The van der Waals surface area contributed by atoms with Gasteiger partial charge in [0.15, 0.2) is 5.75 Å². The number of aromatic hydroxyl groups is 1. The Hall–Kier alpha value is -3.99. The maximum atomic E-state index is 13.2. The summed E-state index contributed by atoms with van der Waals surface area (Å²) in [4.78, 5) is 21.9. The van der Waals surface area contributed by atoms with Crippen LogP contribution in [0.15, 0.2) is 71.6 Å². The minimum Gasteiger partial charge on any atom is -0.502 e. The quantitative estimate of drug-likeness (QED) is 0.349. The number of benzene rings is 3. The summed E-state index contributed by atoms with van der Waals surface area (Å²) in [6, 6.07) is 14.3. The number of amides is 1. The Balaban J connectivity index is 1.63. The molecule has 3 aromatic carbocycles. The second-order valence-corrected chi connectivity index (χ2v) is 8.41. The third-order valence-corrected chi connectivity index (χ3v) is 5.82. The molecule has 3 N–H and O–H groups in total. The molecule has 166 valence electrons. The number of hydrogen-bond acceptors (Lipinski definition) is 6. The molecule has 11 heteroatoms. The molecule has 9 nitrogen and oxygen atoms in total. The van der Waals surface area contributed by atoms with E-state index >= 15 is 0 Å². The second-order valence-electron chi connectivity index (χ2n) is 6.73. The fourth-order valence-electron chi connectivity index (χ4n) is 2.84. The summed E-state index contributed by atoms with van der Waals surface area (Å²) in [5.41, 5.74) is 0.423. The van der Waals surface area contributed by atoms with Crippen molar-refractivity contribution in [2.24, 2.45) is 0 Å². The van der Waals surface area contributed by atoms with Crippen LogP contribution in [0.4, 0.5) is 15.8 Å². The van der Waals surface area contributed by atoms with E-state index in [0.29, 0.717) is 6.42 Å². The largest absolute Gasteiger partial charge is 0.502 e. The van der Waals surface area contributed by atoms with Crippen molar-refractivity contribution in [1.29, 1.82) is 0 Å². The van der Waals surface area contributed by atoms with Crippen LogP contribution >= 0.6 is 0 Å². The van der Waals surface area contributed by atoms with Crippen molar-refractivity contribution in [3.63, 3.8) is 0 Å². The molecule has 0 radical (unpaired) electrons. The molecule has 0 spiro atoms. The average Bonchev–Trinajstić information content (AvgIpc) is 2.74. The zero-order valence-electron chi connectivity index (χ0n) is 16.5. The first-order chi connectivity index (χ1) is 15.2. The lowest BCUT2D eigenvalue weighted by molar-refractivity contribution is -0.386. The number of carbonyl (C=O) groups excluding carboxylic acids is 1. The molecule has 0 fully saturated rings. The zero-order valence-corrected chi connectivity index (χ0v) is 17.3. The van der Waals surface area contributed by atoms with Crippen LogP contribution in [-0.4, -0.2) is 30.9 Å². The number of nitrogens with one attached hydrogen (secondary N) is 2. The highest BCUT2D eigenvalue weighted by molar-refractivity contribution is 7.92. The summed E-state index contributed by atoms with van der Waals surface area (Å²) < 4.78 is 40.4. The van der Waals surface area contributed by atoms with E-state index in [9.17, 15) is 32.8 Å². The molecule has 0 aliphatic carbocycles. The Kier molecular flexibility index (Phi) is 6.69. The first-order valence-electron chi connectivity index (χ1n) is 9.28. The number of carbonyl (C=O) groups is 1. The summed E-state index contributed by atoms with van der Waals surface area (Å²) in [5, 5.41) is 23.1. The van der Waals surface area contributed by atoms with E-state index in [1.165, 1.54) is 36.4 Å². The molecule has 0 atom stereocenters. The topological polar surface area (TPSA) is 139 Å². The minimum atomic E-state index is -4.16. The monoisotopic (exact) mass is 459 g/mol. The SMILES string of the molecule is O=C(NCCc1cccc(F)c1)c1ccc(NS(=O)(=O)c2ccc(O)c([N+](=O)[O-])c2)cc1. The van der Waals surface area contributed by atoms with Crippen molar-refractivity contribution in [3.8, 4) is 5.75 Å². The van der Waals surface area contributed by atoms with E-state index < -0.39 is 31.3 Å². The van der Waals surface area contributed by atoms with Gasteiger partial charge in [-0.15, -0.1) is 0 Å². The summed E-state index contributed by atoms with van der Waals surface area (Å²) >= 11 is 0. The molecule has 3 rings (SSSR count). The van der Waals surface area contributed by atoms with Crippen LogP contribution in [0, 0.1) is 15.9 Å². The van der Waals surface area contributed by atoms with Gasteiger partial charge in [-0.3, -0.25) is 19.6 Å². The number of phenolic OH excluding ortho intramolecular Hbond substituents is 1. The van der Waals surface area contributed by atoms with Gasteiger partial charge in [0.1, 0.15) is 5.82 Å². The van der Waals surface area contributed by atoms with E-state index in [1.54, 1.807) is 12.1 Å². The normalized spacial score (nSPS) is 11.0. The molecule has 0 aliphatic rings. The summed E-state index contributed by atoms with van der Waals surface area (Å²) in [6.45, 7) is 0.288. The van der Waals surface area contributed by atoms with Gasteiger partial charge in [0.2, 0.25) is 0 Å². The van der Waals surface area contributed by atoms with E-state index in [2.05, 4.69) is 10.0 Å². The van der Waals surface area contributed by atoms with Gasteiger partial charge in [-0.25, -0.2) is 12.8 Å². The highest BCUT2D eigenvalue weighted by Crippen LogP contribution is 2.29. The van der Waals surface area contributed by atoms with Gasteiger partial charge in [-0.05, 0) is 60.5 Å². The average molecular weight is 459 g/mol. The molecular formula is C21H18FN3O6S. The number of rotatable bonds is 8. The molecule has 0 aliphatic heterocycles. The number of halogens is 1. The van der Waals surface area contributed by atoms with E-state index in [-0.39, 0.29) is 29.5 Å². The van der Waals surface area contributed by atoms with Gasteiger partial charge in [-0.2, -0.15) is 0 Å². The standard InChI is InChI=1S/C21H18FN3O6S/c22-16-3-1-2-14(12-16)10-11-23-21(27)15-4-6-17(7-5-15)24-32(30,31)18-8-9-20(26)19(13-18)25(28)29/h1-9,12-13,24,26H,10-11H2,(H,23,27). The molecule has 0 saturated heterocycles. The van der Waals surface area contributed by atoms with E-state index in [4.69, 9.17) is 0 Å². The van der Waals surface area contributed by atoms with Gasteiger partial charge in [0.25, 0.3) is 15.9 Å². The van der Waals surface area contributed by atoms with Gasteiger partial charge < -0.3 is 10.4 Å². The predicted molar refractivity (Wildman–Crippen MR) is 114 cm³/mol. The number of nitro benzene ring substituents is 1. The van der Waals surface area contributed by atoms with Crippen molar-refractivity contribution in [2.45, 2.75) is 11.3 Å². The predicted octanol–water partition coefficient (Wildman–Crippen LogP) is 3.21. The number of anilines is 1. The minimum absolute atomic E-state index is 0.136. The fourth-order valence-corrected chi connectivity index (χ4v) is 3.91. The molecule has 3 aromatic rings. The summed E-state index contributed by atoms with van der Waals surface area (Å²) in [5.74, 6) is -1.39. The van der Waals surface area contributed by atoms with Crippen molar-refractivity contribution < 1.29 is 27.6 Å². The lowest BCUT2D eigenvalue weighted by atomic mass is 10.1. The number of phenols is 1.